The first-order chi connectivity index (χ1) is 9.22. The number of nitrogens with zero attached hydrogens (tertiary/aromatic N) is 4. The van der Waals surface area contributed by atoms with Crippen LogP contribution in [0.2, 0.25) is 0 Å². The highest BCUT2D eigenvalue weighted by atomic mass is 127. The van der Waals surface area contributed by atoms with Gasteiger partial charge in [0.1, 0.15) is 3.70 Å². The van der Waals surface area contributed by atoms with Crippen LogP contribution in [0.15, 0.2) is 12.3 Å². The maximum Gasteiger partial charge on any atom is 0.123 e. The number of halogens is 1. The van der Waals surface area contributed by atoms with Crippen molar-refractivity contribution in [2.24, 2.45) is 0 Å². The molecule has 2 aliphatic rings. The highest BCUT2D eigenvalue weighted by Gasteiger charge is 2.28. The van der Waals surface area contributed by atoms with Gasteiger partial charge in [0.05, 0.1) is 6.04 Å². The number of likely N-dealkylation sites (N-methyl/N-ethyl adjacent to an activating group) is 1. The summed E-state index contributed by atoms with van der Waals surface area (Å²) in [5.74, 6) is 0. The average molecular weight is 374 g/mol. The van der Waals surface area contributed by atoms with E-state index in [4.69, 9.17) is 0 Å². The summed E-state index contributed by atoms with van der Waals surface area (Å²) < 4.78 is 3.29. The van der Waals surface area contributed by atoms with Crippen molar-refractivity contribution in [2.45, 2.75) is 37.8 Å². The minimum Gasteiger partial charge on any atom is -0.304 e. The molecule has 106 valence electrons. The van der Waals surface area contributed by atoms with Crippen molar-refractivity contribution >= 4 is 22.6 Å². The molecule has 0 bridgehead atoms. The van der Waals surface area contributed by atoms with Gasteiger partial charge in [0.15, 0.2) is 0 Å². The van der Waals surface area contributed by atoms with Gasteiger partial charge in [-0.15, -0.1) is 0 Å². The van der Waals surface area contributed by atoms with Gasteiger partial charge >= 0.3 is 0 Å². The Morgan fingerprint density at radius 3 is 2.26 bits per heavy atom. The van der Waals surface area contributed by atoms with Gasteiger partial charge < -0.3 is 4.90 Å². The fourth-order valence-corrected chi connectivity index (χ4v) is 3.80. The molecule has 1 aliphatic carbocycles. The minimum absolute atomic E-state index is 0.632. The molecule has 1 aromatic heterocycles. The molecule has 2 fully saturated rings. The third-order valence-electron chi connectivity index (χ3n) is 4.67. The van der Waals surface area contributed by atoms with E-state index < -0.39 is 0 Å². The van der Waals surface area contributed by atoms with Gasteiger partial charge in [-0.05, 0) is 61.4 Å². The molecule has 0 N–H and O–H groups in total. The molecule has 5 heteroatoms. The molecule has 1 saturated heterocycles. The van der Waals surface area contributed by atoms with Crippen LogP contribution in [0, 0.1) is 3.70 Å². The number of piperazine rings is 1. The second kappa shape index (κ2) is 6.10. The summed E-state index contributed by atoms with van der Waals surface area (Å²) in [7, 11) is 2.23. The van der Waals surface area contributed by atoms with Crippen molar-refractivity contribution in [1.29, 1.82) is 0 Å². The molecule has 0 amide bonds. The Morgan fingerprint density at radius 2 is 1.68 bits per heavy atom. The third-order valence-corrected chi connectivity index (χ3v) is 5.25. The molecule has 0 unspecified atom stereocenters. The van der Waals surface area contributed by atoms with Crippen LogP contribution in [0.25, 0.3) is 0 Å². The van der Waals surface area contributed by atoms with E-state index in [1.807, 2.05) is 0 Å². The van der Waals surface area contributed by atoms with Crippen molar-refractivity contribution in [3.63, 3.8) is 0 Å². The van der Waals surface area contributed by atoms with Crippen molar-refractivity contribution in [2.75, 3.05) is 33.2 Å². The van der Waals surface area contributed by atoms with Gasteiger partial charge in [0.2, 0.25) is 0 Å². The quantitative estimate of drug-likeness (QED) is 0.742. The fraction of sp³-hybridized carbons (Fsp3) is 0.786. The lowest BCUT2D eigenvalue weighted by Gasteiger charge is -2.41. The molecule has 1 aromatic rings. The standard InChI is InChI=1S/C14H23IN4/c1-17-8-10-18(11-9-17)12-2-4-13(5-3-12)19-7-6-14(15)16-19/h6-7,12-13H,2-5,8-11H2,1H3. The Bertz CT molecular complexity index is 403. The average Bonchev–Trinajstić information content (AvgIpc) is 2.87. The molecular formula is C14H23IN4. The molecule has 0 aromatic carbocycles. The lowest BCUT2D eigenvalue weighted by Crippen LogP contribution is -2.49. The van der Waals surface area contributed by atoms with Crippen LogP contribution in [-0.4, -0.2) is 58.8 Å². The van der Waals surface area contributed by atoms with Crippen LogP contribution in [0.4, 0.5) is 0 Å². The maximum absolute atomic E-state index is 4.56. The summed E-state index contributed by atoms with van der Waals surface area (Å²) in [6.45, 7) is 4.98. The zero-order chi connectivity index (χ0) is 13.2. The molecule has 1 saturated carbocycles. The zero-order valence-electron chi connectivity index (χ0n) is 11.6. The SMILES string of the molecule is CN1CCN(C2CCC(n3ccc(I)n3)CC2)CC1. The fourth-order valence-electron chi connectivity index (χ4n) is 3.39. The van der Waals surface area contributed by atoms with E-state index in [0.717, 1.165) is 9.74 Å². The molecule has 19 heavy (non-hydrogen) atoms. The first kappa shape index (κ1) is 13.8. The molecular weight excluding hydrogens is 351 g/mol. The number of aromatic nitrogens is 2. The lowest BCUT2D eigenvalue weighted by molar-refractivity contribution is 0.0810. The molecule has 0 atom stereocenters. The van der Waals surface area contributed by atoms with E-state index in [1.54, 1.807) is 0 Å². The number of rotatable bonds is 2. The van der Waals surface area contributed by atoms with Gasteiger partial charge in [-0.3, -0.25) is 9.58 Å². The summed E-state index contributed by atoms with van der Waals surface area (Å²) in [5.41, 5.74) is 0. The molecule has 2 heterocycles. The van der Waals surface area contributed by atoms with Gasteiger partial charge in [-0.2, -0.15) is 5.10 Å². The second-order valence-electron chi connectivity index (χ2n) is 5.92. The van der Waals surface area contributed by atoms with Crippen LogP contribution >= 0.6 is 22.6 Å². The van der Waals surface area contributed by atoms with Crippen molar-refractivity contribution < 1.29 is 0 Å². The normalized spacial score (nSPS) is 30.6. The van der Waals surface area contributed by atoms with Crippen LogP contribution in [0.3, 0.4) is 0 Å². The Hall–Kier alpha value is -0.140. The van der Waals surface area contributed by atoms with E-state index >= 15 is 0 Å². The largest absolute Gasteiger partial charge is 0.304 e. The zero-order valence-corrected chi connectivity index (χ0v) is 13.8. The lowest BCUT2D eigenvalue weighted by atomic mass is 9.90. The molecule has 1 aliphatic heterocycles. The van der Waals surface area contributed by atoms with E-state index in [-0.39, 0.29) is 0 Å². The second-order valence-corrected chi connectivity index (χ2v) is 7.03. The van der Waals surface area contributed by atoms with Crippen LogP contribution in [0.1, 0.15) is 31.7 Å². The first-order valence-electron chi connectivity index (χ1n) is 7.35. The van der Waals surface area contributed by atoms with E-state index in [2.05, 4.69) is 61.5 Å². The summed E-state index contributed by atoms with van der Waals surface area (Å²) >= 11 is 2.29. The summed E-state index contributed by atoms with van der Waals surface area (Å²) in [6, 6.07) is 3.56. The summed E-state index contributed by atoms with van der Waals surface area (Å²) in [6.07, 6.45) is 7.39. The van der Waals surface area contributed by atoms with Gasteiger partial charge in [0, 0.05) is 38.4 Å². The van der Waals surface area contributed by atoms with Crippen LogP contribution in [-0.2, 0) is 0 Å². The Labute approximate surface area is 129 Å². The van der Waals surface area contributed by atoms with Gasteiger partial charge in [-0.25, -0.2) is 0 Å². The predicted octanol–water partition coefficient (Wildman–Crippen LogP) is 2.22. The molecule has 0 radical (unpaired) electrons. The topological polar surface area (TPSA) is 24.3 Å². The number of hydrogen-bond donors (Lipinski definition) is 0. The minimum atomic E-state index is 0.632. The monoisotopic (exact) mass is 374 g/mol. The molecule has 3 rings (SSSR count). The highest BCUT2D eigenvalue weighted by Crippen LogP contribution is 2.31. The molecule has 0 spiro atoms. The maximum atomic E-state index is 4.56. The Morgan fingerprint density at radius 1 is 1.05 bits per heavy atom. The smallest absolute Gasteiger partial charge is 0.123 e. The Kier molecular flexibility index (Phi) is 4.44. The van der Waals surface area contributed by atoms with Crippen LogP contribution < -0.4 is 0 Å². The first-order valence-corrected chi connectivity index (χ1v) is 8.43. The van der Waals surface area contributed by atoms with Crippen molar-refractivity contribution in [3.8, 4) is 0 Å². The van der Waals surface area contributed by atoms with Gasteiger partial charge in [-0.1, -0.05) is 0 Å². The van der Waals surface area contributed by atoms with E-state index in [1.165, 1.54) is 51.9 Å². The van der Waals surface area contributed by atoms with E-state index in [9.17, 15) is 0 Å². The summed E-state index contributed by atoms with van der Waals surface area (Å²) in [4.78, 5) is 5.15. The van der Waals surface area contributed by atoms with Gasteiger partial charge in [0.25, 0.3) is 0 Å². The van der Waals surface area contributed by atoms with Crippen LogP contribution in [0.5, 0.6) is 0 Å². The van der Waals surface area contributed by atoms with Crippen molar-refractivity contribution in [1.82, 2.24) is 19.6 Å². The third kappa shape index (κ3) is 3.31. The highest BCUT2D eigenvalue weighted by molar-refractivity contribution is 14.1. The molecule has 4 nitrogen and oxygen atoms in total. The Balaban J connectivity index is 1.52. The van der Waals surface area contributed by atoms with Crippen molar-refractivity contribution in [3.05, 3.63) is 16.0 Å². The summed E-state index contributed by atoms with van der Waals surface area (Å²) in [5, 5.41) is 4.56. The predicted molar refractivity (Wildman–Crippen MR) is 85.3 cm³/mol. The van der Waals surface area contributed by atoms with E-state index in [0.29, 0.717) is 6.04 Å². The number of hydrogen-bond acceptors (Lipinski definition) is 3.